The molecule has 0 spiro atoms. The zero-order valence-electron chi connectivity index (χ0n) is 7.79. The van der Waals surface area contributed by atoms with Crippen LogP contribution in [0.25, 0.3) is 5.70 Å². The number of nitrogens with one attached hydrogen (secondary N) is 1. The van der Waals surface area contributed by atoms with Gasteiger partial charge < -0.3 is 11.5 Å². The van der Waals surface area contributed by atoms with Crippen molar-refractivity contribution < 1.29 is 0 Å². The number of hydrogen-bond acceptors (Lipinski definition) is 3. The van der Waals surface area contributed by atoms with E-state index in [0.717, 1.165) is 4.47 Å². The molecule has 0 bridgehead atoms. The van der Waals surface area contributed by atoms with Crippen molar-refractivity contribution in [3.8, 4) is 6.07 Å². The van der Waals surface area contributed by atoms with Crippen LogP contribution in [0, 0.1) is 16.7 Å². The third-order valence-electron chi connectivity index (χ3n) is 1.81. The van der Waals surface area contributed by atoms with Gasteiger partial charge in [-0.1, -0.05) is 28.1 Å². The monoisotopic (exact) mass is 264 g/mol. The Morgan fingerprint density at radius 1 is 1.27 bits per heavy atom. The Morgan fingerprint density at radius 3 is 2.20 bits per heavy atom. The number of amidine groups is 1. The molecule has 0 aromatic heterocycles. The molecule has 0 atom stereocenters. The molecule has 0 fully saturated rings. The summed E-state index contributed by atoms with van der Waals surface area (Å²) in [5, 5.41) is 15.9. The largest absolute Gasteiger partial charge is 0.397 e. The number of nitriles is 1. The summed E-state index contributed by atoms with van der Waals surface area (Å²) in [7, 11) is 0. The molecule has 76 valence electrons. The quantitative estimate of drug-likeness (QED) is 0.430. The molecule has 0 aliphatic rings. The van der Waals surface area contributed by atoms with Gasteiger partial charge in [0.25, 0.3) is 0 Å². The normalized spacial score (nSPS) is 11.5. The first-order valence-electron chi connectivity index (χ1n) is 4.06. The third-order valence-corrected chi connectivity index (χ3v) is 2.33. The van der Waals surface area contributed by atoms with Gasteiger partial charge in [-0.2, -0.15) is 5.26 Å². The summed E-state index contributed by atoms with van der Waals surface area (Å²) < 4.78 is 0.917. The second kappa shape index (κ2) is 4.62. The van der Waals surface area contributed by atoms with E-state index in [9.17, 15) is 0 Å². The van der Waals surface area contributed by atoms with Crippen LogP contribution in [0.5, 0.6) is 0 Å². The number of rotatable bonds is 2. The van der Waals surface area contributed by atoms with Gasteiger partial charge in [-0.15, -0.1) is 0 Å². The maximum absolute atomic E-state index is 8.76. The molecule has 0 unspecified atom stereocenters. The van der Waals surface area contributed by atoms with E-state index in [2.05, 4.69) is 15.9 Å². The lowest BCUT2D eigenvalue weighted by molar-refractivity contribution is 1.39. The molecule has 15 heavy (non-hydrogen) atoms. The molecule has 0 saturated heterocycles. The van der Waals surface area contributed by atoms with Crippen LogP contribution in [0.2, 0.25) is 0 Å². The highest BCUT2D eigenvalue weighted by atomic mass is 79.9. The zero-order valence-corrected chi connectivity index (χ0v) is 9.38. The van der Waals surface area contributed by atoms with E-state index in [-0.39, 0.29) is 17.1 Å². The Kier molecular flexibility index (Phi) is 3.47. The van der Waals surface area contributed by atoms with Gasteiger partial charge in [0.1, 0.15) is 17.5 Å². The van der Waals surface area contributed by atoms with Crippen molar-refractivity contribution in [3.05, 3.63) is 39.9 Å². The highest BCUT2D eigenvalue weighted by Crippen LogP contribution is 2.16. The predicted molar refractivity (Wildman–Crippen MR) is 62.8 cm³/mol. The van der Waals surface area contributed by atoms with Crippen LogP contribution < -0.4 is 11.5 Å². The standard InChI is InChI=1S/C10H9BrN4/c11-7-3-1-6(2-4-7)9(13)8(5-12)10(14)15/h1-4H,13H2,(H3,14,15)/b9-8-. The van der Waals surface area contributed by atoms with Crippen molar-refractivity contribution in [2.75, 3.05) is 0 Å². The summed E-state index contributed by atoms with van der Waals surface area (Å²) >= 11 is 3.29. The van der Waals surface area contributed by atoms with Gasteiger partial charge in [0, 0.05) is 4.47 Å². The van der Waals surface area contributed by atoms with Crippen molar-refractivity contribution in [1.29, 1.82) is 10.7 Å². The first kappa shape index (κ1) is 11.3. The molecule has 0 saturated carbocycles. The van der Waals surface area contributed by atoms with Crippen molar-refractivity contribution in [1.82, 2.24) is 0 Å². The lowest BCUT2D eigenvalue weighted by Gasteiger charge is -2.04. The van der Waals surface area contributed by atoms with Crippen molar-refractivity contribution in [2.45, 2.75) is 0 Å². The molecule has 5 heteroatoms. The number of halogens is 1. The van der Waals surface area contributed by atoms with Crippen LogP contribution >= 0.6 is 15.9 Å². The van der Waals surface area contributed by atoms with E-state index >= 15 is 0 Å². The molecule has 0 aliphatic carbocycles. The van der Waals surface area contributed by atoms with E-state index in [4.69, 9.17) is 22.1 Å². The van der Waals surface area contributed by atoms with Crippen molar-refractivity contribution in [2.24, 2.45) is 11.5 Å². The lowest BCUT2D eigenvalue weighted by atomic mass is 10.1. The average Bonchev–Trinajstić information content (AvgIpc) is 2.19. The fourth-order valence-electron chi connectivity index (χ4n) is 1.04. The maximum Gasteiger partial charge on any atom is 0.135 e. The van der Waals surface area contributed by atoms with Gasteiger partial charge in [-0.3, -0.25) is 5.41 Å². The van der Waals surface area contributed by atoms with E-state index < -0.39 is 0 Å². The highest BCUT2D eigenvalue weighted by Gasteiger charge is 2.07. The minimum atomic E-state index is -0.321. The van der Waals surface area contributed by atoms with Crippen molar-refractivity contribution >= 4 is 27.5 Å². The number of nitrogens with two attached hydrogens (primary N) is 2. The van der Waals surface area contributed by atoms with Gasteiger partial charge in [0.05, 0.1) is 5.70 Å². The number of benzene rings is 1. The summed E-state index contributed by atoms with van der Waals surface area (Å²) in [5.41, 5.74) is 11.8. The first-order valence-corrected chi connectivity index (χ1v) is 4.85. The summed E-state index contributed by atoms with van der Waals surface area (Å²) in [6, 6.07) is 8.91. The van der Waals surface area contributed by atoms with Gasteiger partial charge in [-0.05, 0) is 17.7 Å². The molecule has 0 heterocycles. The van der Waals surface area contributed by atoms with Gasteiger partial charge in [0.15, 0.2) is 0 Å². The smallest absolute Gasteiger partial charge is 0.135 e. The fourth-order valence-corrected chi connectivity index (χ4v) is 1.30. The highest BCUT2D eigenvalue weighted by molar-refractivity contribution is 9.10. The molecule has 4 nitrogen and oxygen atoms in total. The summed E-state index contributed by atoms with van der Waals surface area (Å²) in [6.07, 6.45) is 0. The van der Waals surface area contributed by atoms with Crippen LogP contribution in [0.15, 0.2) is 34.3 Å². The Balaban J connectivity index is 3.24. The van der Waals surface area contributed by atoms with E-state index in [0.29, 0.717) is 5.56 Å². The second-order valence-electron chi connectivity index (χ2n) is 2.82. The summed E-state index contributed by atoms with van der Waals surface area (Å²) in [5.74, 6) is -0.321. The molecule has 0 amide bonds. The summed E-state index contributed by atoms with van der Waals surface area (Å²) in [6.45, 7) is 0. The zero-order chi connectivity index (χ0) is 11.4. The third kappa shape index (κ3) is 2.58. The van der Waals surface area contributed by atoms with E-state index in [1.165, 1.54) is 0 Å². The van der Waals surface area contributed by atoms with Gasteiger partial charge >= 0.3 is 0 Å². The fraction of sp³-hybridized carbons (Fsp3) is 0. The number of nitrogens with zero attached hydrogens (tertiary/aromatic N) is 1. The molecular weight excluding hydrogens is 256 g/mol. The topological polar surface area (TPSA) is 99.7 Å². The molecule has 0 aliphatic heterocycles. The Bertz CT molecular complexity index is 453. The molecular formula is C10H9BrN4. The predicted octanol–water partition coefficient (Wildman–Crippen LogP) is 1.58. The minimum Gasteiger partial charge on any atom is -0.397 e. The first-order chi connectivity index (χ1) is 7.06. The van der Waals surface area contributed by atoms with E-state index in [1.807, 2.05) is 6.07 Å². The van der Waals surface area contributed by atoms with Crippen LogP contribution in [0.1, 0.15) is 5.56 Å². The van der Waals surface area contributed by atoms with E-state index in [1.54, 1.807) is 24.3 Å². The molecule has 1 aromatic carbocycles. The lowest BCUT2D eigenvalue weighted by Crippen LogP contribution is -2.16. The SMILES string of the molecule is N#C/C(C(=N)N)=C(/N)c1ccc(Br)cc1. The van der Waals surface area contributed by atoms with Gasteiger partial charge in [0.2, 0.25) is 0 Å². The van der Waals surface area contributed by atoms with Crippen LogP contribution in [-0.4, -0.2) is 5.84 Å². The molecule has 1 aromatic rings. The molecule has 5 N–H and O–H groups in total. The van der Waals surface area contributed by atoms with Gasteiger partial charge in [-0.25, -0.2) is 0 Å². The Morgan fingerprint density at radius 2 is 1.80 bits per heavy atom. The minimum absolute atomic E-state index is 0.00248. The van der Waals surface area contributed by atoms with Crippen molar-refractivity contribution in [3.63, 3.8) is 0 Å². The number of hydrogen-bond donors (Lipinski definition) is 3. The summed E-state index contributed by atoms with van der Waals surface area (Å²) in [4.78, 5) is 0. The average molecular weight is 265 g/mol. The molecule has 0 radical (unpaired) electrons. The van der Waals surface area contributed by atoms with Crippen LogP contribution in [0.3, 0.4) is 0 Å². The Hall–Kier alpha value is -1.80. The second-order valence-corrected chi connectivity index (χ2v) is 3.74. The maximum atomic E-state index is 8.76. The van der Waals surface area contributed by atoms with Crippen LogP contribution in [0.4, 0.5) is 0 Å². The molecule has 1 rings (SSSR count). The van der Waals surface area contributed by atoms with Crippen LogP contribution in [-0.2, 0) is 0 Å². The Labute approximate surface area is 95.8 Å².